The van der Waals surface area contributed by atoms with Gasteiger partial charge in [-0.05, 0) is 25.8 Å². The highest BCUT2D eigenvalue weighted by Crippen LogP contribution is 2.38. The number of hydrogen-bond acceptors (Lipinski definition) is 6. The Labute approximate surface area is 141 Å². The van der Waals surface area contributed by atoms with Gasteiger partial charge in [0.1, 0.15) is 18.2 Å². The van der Waals surface area contributed by atoms with E-state index in [1.807, 2.05) is 0 Å². The molecule has 0 aromatic carbocycles. The molecule has 9 heteroatoms. The number of azide groups is 1. The minimum atomic E-state index is -0.817. The highest BCUT2D eigenvalue weighted by Gasteiger charge is 2.55. The van der Waals surface area contributed by atoms with Crippen LogP contribution in [0.3, 0.4) is 0 Å². The van der Waals surface area contributed by atoms with Gasteiger partial charge in [0.25, 0.3) is 0 Å². The van der Waals surface area contributed by atoms with Gasteiger partial charge < -0.3 is 24.3 Å². The number of nitrogens with zero attached hydrogens (tertiary/aromatic N) is 3. The molecular weight excluding hydrogens is 316 g/mol. The van der Waals surface area contributed by atoms with E-state index in [0.29, 0.717) is 6.61 Å². The van der Waals surface area contributed by atoms with Crippen LogP contribution in [0.25, 0.3) is 10.4 Å². The molecule has 2 aliphatic heterocycles. The molecule has 2 rings (SSSR count). The second-order valence-electron chi connectivity index (χ2n) is 6.47. The zero-order chi connectivity index (χ0) is 17.7. The van der Waals surface area contributed by atoms with Crippen LogP contribution in [0.15, 0.2) is 5.11 Å². The van der Waals surface area contributed by atoms with Crippen molar-refractivity contribution >= 4 is 5.91 Å². The van der Waals surface area contributed by atoms with E-state index in [1.54, 1.807) is 13.8 Å². The molecule has 1 amide bonds. The molecule has 2 saturated heterocycles. The molecule has 0 aliphatic carbocycles. The van der Waals surface area contributed by atoms with Crippen molar-refractivity contribution < 1.29 is 23.7 Å². The first-order chi connectivity index (χ1) is 11.4. The van der Waals surface area contributed by atoms with Crippen LogP contribution >= 0.6 is 0 Å². The summed E-state index contributed by atoms with van der Waals surface area (Å²) in [5.41, 5.74) is 8.59. The summed E-state index contributed by atoms with van der Waals surface area (Å²) in [6, 6.07) is -0.492. The van der Waals surface area contributed by atoms with Gasteiger partial charge in [0, 0.05) is 18.4 Å². The lowest BCUT2D eigenvalue weighted by Crippen LogP contribution is -2.63. The quantitative estimate of drug-likeness (QED) is 0.328. The highest BCUT2D eigenvalue weighted by molar-refractivity contribution is 5.73. The van der Waals surface area contributed by atoms with Crippen LogP contribution in [0, 0.1) is 0 Å². The van der Waals surface area contributed by atoms with Gasteiger partial charge in [0.15, 0.2) is 12.1 Å². The van der Waals surface area contributed by atoms with Crippen molar-refractivity contribution in [2.45, 2.75) is 77.0 Å². The van der Waals surface area contributed by atoms with Crippen LogP contribution in [0.1, 0.15) is 40.5 Å². The molecule has 0 radical (unpaired) electrons. The Balaban J connectivity index is 2.21. The summed E-state index contributed by atoms with van der Waals surface area (Å²) in [5.74, 6) is -1.02. The van der Waals surface area contributed by atoms with Crippen LogP contribution in [0.2, 0.25) is 0 Å². The van der Waals surface area contributed by atoms with Crippen molar-refractivity contribution in [3.63, 3.8) is 0 Å². The molecule has 5 atom stereocenters. The number of carbonyl (C=O) groups excluding carboxylic acids is 1. The number of hydrogen-bond donors (Lipinski definition) is 1. The lowest BCUT2D eigenvalue weighted by Gasteiger charge is -2.41. The second-order valence-corrected chi connectivity index (χ2v) is 6.47. The van der Waals surface area contributed by atoms with E-state index in [2.05, 4.69) is 22.3 Å². The summed E-state index contributed by atoms with van der Waals surface area (Å²) in [4.78, 5) is 14.4. The van der Waals surface area contributed by atoms with Crippen LogP contribution in [0.5, 0.6) is 0 Å². The molecule has 2 aliphatic rings. The number of ether oxygens (including phenoxy) is 4. The van der Waals surface area contributed by atoms with Crippen molar-refractivity contribution in [2.75, 3.05) is 13.2 Å². The molecule has 24 heavy (non-hydrogen) atoms. The zero-order valence-electron chi connectivity index (χ0n) is 14.6. The Hall–Kier alpha value is -1.38. The molecule has 1 N–H and O–H groups in total. The van der Waals surface area contributed by atoms with Crippen LogP contribution in [-0.2, 0) is 23.7 Å². The molecule has 0 saturated carbocycles. The fourth-order valence-corrected chi connectivity index (χ4v) is 3.01. The molecule has 2 heterocycles. The summed E-state index contributed by atoms with van der Waals surface area (Å²) >= 11 is 0. The number of unbranched alkanes of at least 4 members (excludes halogenated alkanes) is 1. The summed E-state index contributed by atoms with van der Waals surface area (Å²) in [7, 11) is 0. The van der Waals surface area contributed by atoms with Crippen LogP contribution < -0.4 is 5.32 Å². The first-order valence-corrected chi connectivity index (χ1v) is 8.28. The molecule has 0 bridgehead atoms. The van der Waals surface area contributed by atoms with E-state index in [-0.39, 0.29) is 12.5 Å². The van der Waals surface area contributed by atoms with E-state index in [9.17, 15) is 4.79 Å². The standard InChI is InChI=1S/C15H26N4O5/c1-5-6-7-21-14-11(18-9(2)20)13-12(23-15(3,4)24-13)10(22-14)8-17-19-16/h10-14H,5-8H2,1-4H3,(H,18,20). The number of fused-ring (bicyclic) bond motifs is 1. The van der Waals surface area contributed by atoms with Gasteiger partial charge in [-0.1, -0.05) is 18.5 Å². The summed E-state index contributed by atoms with van der Waals surface area (Å²) in [5, 5.41) is 6.44. The zero-order valence-corrected chi connectivity index (χ0v) is 14.6. The summed E-state index contributed by atoms with van der Waals surface area (Å²) < 4.78 is 23.7. The maximum absolute atomic E-state index is 11.6. The predicted molar refractivity (Wildman–Crippen MR) is 85.0 cm³/mol. The van der Waals surface area contributed by atoms with Gasteiger partial charge >= 0.3 is 0 Å². The number of rotatable bonds is 7. The van der Waals surface area contributed by atoms with E-state index in [0.717, 1.165) is 12.8 Å². The number of carbonyl (C=O) groups is 1. The van der Waals surface area contributed by atoms with Crippen LogP contribution in [0.4, 0.5) is 0 Å². The minimum absolute atomic E-state index is 0.109. The van der Waals surface area contributed by atoms with Gasteiger partial charge in [-0.25, -0.2) is 0 Å². The summed E-state index contributed by atoms with van der Waals surface area (Å²) in [6.45, 7) is 7.71. The monoisotopic (exact) mass is 342 g/mol. The van der Waals surface area contributed by atoms with Crippen molar-refractivity contribution in [2.24, 2.45) is 5.11 Å². The van der Waals surface area contributed by atoms with Gasteiger partial charge in [0.05, 0.1) is 12.6 Å². The fourth-order valence-electron chi connectivity index (χ4n) is 3.01. The molecule has 2 fully saturated rings. The average Bonchev–Trinajstić information content (AvgIpc) is 2.83. The van der Waals surface area contributed by atoms with E-state index < -0.39 is 36.4 Å². The first-order valence-electron chi connectivity index (χ1n) is 8.28. The first kappa shape index (κ1) is 19.0. The lowest BCUT2D eigenvalue weighted by molar-refractivity contribution is -0.242. The Morgan fingerprint density at radius 3 is 2.71 bits per heavy atom. The molecule has 0 aromatic heterocycles. The average molecular weight is 342 g/mol. The molecular formula is C15H26N4O5. The lowest BCUT2D eigenvalue weighted by atomic mass is 9.96. The fraction of sp³-hybridized carbons (Fsp3) is 0.933. The maximum atomic E-state index is 11.6. The minimum Gasteiger partial charge on any atom is -0.350 e. The third-order valence-corrected chi connectivity index (χ3v) is 3.96. The third kappa shape index (κ3) is 4.58. The van der Waals surface area contributed by atoms with Crippen molar-refractivity contribution in [3.05, 3.63) is 10.4 Å². The van der Waals surface area contributed by atoms with E-state index in [1.165, 1.54) is 6.92 Å². The molecule has 136 valence electrons. The Morgan fingerprint density at radius 2 is 2.08 bits per heavy atom. The van der Waals surface area contributed by atoms with Crippen molar-refractivity contribution in [1.29, 1.82) is 0 Å². The smallest absolute Gasteiger partial charge is 0.217 e. The van der Waals surface area contributed by atoms with Crippen molar-refractivity contribution in [3.8, 4) is 0 Å². The Morgan fingerprint density at radius 1 is 1.38 bits per heavy atom. The topological polar surface area (TPSA) is 115 Å². The SMILES string of the molecule is CCCCOC1OC(CN=[N+]=[N-])C2OC(C)(C)OC2C1NC(C)=O. The second kappa shape index (κ2) is 8.13. The highest BCUT2D eigenvalue weighted by atomic mass is 16.8. The largest absolute Gasteiger partial charge is 0.350 e. The van der Waals surface area contributed by atoms with E-state index >= 15 is 0 Å². The van der Waals surface area contributed by atoms with Gasteiger partial charge in [-0.2, -0.15) is 0 Å². The molecule has 0 aromatic rings. The molecule has 9 nitrogen and oxygen atoms in total. The third-order valence-electron chi connectivity index (χ3n) is 3.96. The number of amides is 1. The number of nitrogens with one attached hydrogen (secondary N) is 1. The van der Waals surface area contributed by atoms with Crippen molar-refractivity contribution in [1.82, 2.24) is 5.32 Å². The maximum Gasteiger partial charge on any atom is 0.217 e. The Kier molecular flexibility index (Phi) is 6.42. The summed E-state index contributed by atoms with van der Waals surface area (Å²) in [6.07, 6.45) is -0.206. The van der Waals surface area contributed by atoms with Crippen LogP contribution in [-0.4, -0.2) is 55.5 Å². The van der Waals surface area contributed by atoms with E-state index in [4.69, 9.17) is 24.5 Å². The van der Waals surface area contributed by atoms with Gasteiger partial charge in [-0.15, -0.1) is 0 Å². The van der Waals surface area contributed by atoms with Gasteiger partial charge in [-0.3, -0.25) is 4.79 Å². The molecule has 5 unspecified atom stereocenters. The Bertz CT molecular complexity index is 494. The normalized spacial score (nSPS) is 34.2. The molecule has 0 spiro atoms. The van der Waals surface area contributed by atoms with Gasteiger partial charge in [0.2, 0.25) is 5.91 Å². The predicted octanol–water partition coefficient (Wildman–Crippen LogP) is 1.86.